The number of anilines is 1. The zero-order valence-corrected chi connectivity index (χ0v) is 11.6. The number of hydrogen-bond donors (Lipinski definition) is 1. The maximum absolute atomic E-state index is 3.63. The monoisotopic (exact) mass is 244 g/mol. The summed E-state index contributed by atoms with van der Waals surface area (Å²) in [6.07, 6.45) is 5.20. The predicted octanol–water partition coefficient (Wildman–Crippen LogP) is 2.89. The second kappa shape index (κ2) is 4.93. The van der Waals surface area contributed by atoms with Crippen molar-refractivity contribution >= 4 is 5.69 Å². The van der Waals surface area contributed by atoms with Crippen molar-refractivity contribution in [3.05, 3.63) is 29.3 Å². The first kappa shape index (κ1) is 12.0. The number of nitrogens with zero attached hydrogens (tertiary/aromatic N) is 1. The molecule has 1 aromatic rings. The molecule has 0 amide bonds. The van der Waals surface area contributed by atoms with Crippen LogP contribution in [0.5, 0.6) is 0 Å². The van der Waals surface area contributed by atoms with Gasteiger partial charge in [-0.3, -0.25) is 0 Å². The molecule has 2 heteroatoms. The van der Waals surface area contributed by atoms with Crippen LogP contribution in [0.25, 0.3) is 0 Å². The highest BCUT2D eigenvalue weighted by Gasteiger charge is 2.27. The van der Waals surface area contributed by atoms with Crippen molar-refractivity contribution in [2.45, 2.75) is 51.6 Å². The van der Waals surface area contributed by atoms with Crippen molar-refractivity contribution in [3.8, 4) is 0 Å². The molecule has 2 atom stereocenters. The van der Waals surface area contributed by atoms with E-state index in [1.807, 2.05) is 0 Å². The molecule has 0 bridgehead atoms. The van der Waals surface area contributed by atoms with Gasteiger partial charge in [0.15, 0.2) is 0 Å². The van der Waals surface area contributed by atoms with E-state index in [2.05, 4.69) is 42.3 Å². The Morgan fingerprint density at radius 3 is 2.94 bits per heavy atom. The Morgan fingerprint density at radius 2 is 2.17 bits per heavy atom. The van der Waals surface area contributed by atoms with Crippen LogP contribution in [-0.4, -0.2) is 25.2 Å². The van der Waals surface area contributed by atoms with E-state index in [0.29, 0.717) is 12.1 Å². The van der Waals surface area contributed by atoms with Crippen molar-refractivity contribution in [2.75, 3.05) is 18.0 Å². The molecule has 1 N–H and O–H groups in total. The van der Waals surface area contributed by atoms with Crippen LogP contribution in [0, 0.1) is 6.92 Å². The number of nitrogens with one attached hydrogen (secondary N) is 1. The van der Waals surface area contributed by atoms with E-state index in [-0.39, 0.29) is 0 Å². The summed E-state index contributed by atoms with van der Waals surface area (Å²) in [5.41, 5.74) is 4.44. The molecule has 0 saturated carbocycles. The first-order chi connectivity index (χ1) is 8.74. The van der Waals surface area contributed by atoms with Crippen molar-refractivity contribution in [2.24, 2.45) is 0 Å². The van der Waals surface area contributed by atoms with E-state index >= 15 is 0 Å². The Hall–Kier alpha value is -1.02. The van der Waals surface area contributed by atoms with Gasteiger partial charge in [0.1, 0.15) is 0 Å². The van der Waals surface area contributed by atoms with Gasteiger partial charge in [-0.1, -0.05) is 17.7 Å². The summed E-state index contributed by atoms with van der Waals surface area (Å²) in [5.74, 6) is 0. The summed E-state index contributed by atoms with van der Waals surface area (Å²) in [5, 5.41) is 3.63. The van der Waals surface area contributed by atoms with Crippen LogP contribution < -0.4 is 10.2 Å². The van der Waals surface area contributed by atoms with Crippen molar-refractivity contribution in [1.29, 1.82) is 0 Å². The van der Waals surface area contributed by atoms with Gasteiger partial charge in [0.25, 0.3) is 0 Å². The second-order valence-electron chi connectivity index (χ2n) is 5.97. The molecule has 2 nitrogen and oxygen atoms in total. The Bertz CT molecular complexity index is 419. The summed E-state index contributed by atoms with van der Waals surface area (Å²) in [7, 11) is 0. The van der Waals surface area contributed by atoms with Gasteiger partial charge in [-0.2, -0.15) is 0 Å². The lowest BCUT2D eigenvalue weighted by Crippen LogP contribution is -2.50. The van der Waals surface area contributed by atoms with Crippen LogP contribution in [0.4, 0.5) is 5.69 Å². The van der Waals surface area contributed by atoms with E-state index < -0.39 is 0 Å². The molecule has 98 valence electrons. The van der Waals surface area contributed by atoms with Crippen molar-refractivity contribution < 1.29 is 0 Å². The molecule has 18 heavy (non-hydrogen) atoms. The molecule has 0 spiro atoms. The molecular weight excluding hydrogens is 220 g/mol. The predicted molar refractivity (Wildman–Crippen MR) is 77.3 cm³/mol. The fourth-order valence-corrected chi connectivity index (χ4v) is 3.38. The summed E-state index contributed by atoms with van der Waals surface area (Å²) in [6, 6.07) is 8.37. The highest BCUT2D eigenvalue weighted by molar-refractivity contribution is 5.57. The molecule has 0 radical (unpaired) electrons. The van der Waals surface area contributed by atoms with Crippen molar-refractivity contribution in [3.63, 3.8) is 0 Å². The summed E-state index contributed by atoms with van der Waals surface area (Å²) < 4.78 is 0. The Kier molecular flexibility index (Phi) is 3.29. The third-order valence-electron chi connectivity index (χ3n) is 4.47. The molecule has 1 fully saturated rings. The van der Waals surface area contributed by atoms with Crippen LogP contribution in [0.15, 0.2) is 18.2 Å². The van der Waals surface area contributed by atoms with E-state index in [0.717, 1.165) is 6.54 Å². The Morgan fingerprint density at radius 1 is 1.28 bits per heavy atom. The molecule has 1 saturated heterocycles. The van der Waals surface area contributed by atoms with Gasteiger partial charge in [0, 0.05) is 30.9 Å². The lowest BCUT2D eigenvalue weighted by Gasteiger charge is -2.41. The molecule has 2 aliphatic heterocycles. The molecule has 3 rings (SSSR count). The zero-order chi connectivity index (χ0) is 12.5. The number of rotatable bonds is 1. The summed E-state index contributed by atoms with van der Waals surface area (Å²) in [4.78, 5) is 2.65. The molecule has 1 aromatic carbocycles. The smallest absolute Gasteiger partial charge is 0.0415 e. The number of fused-ring (bicyclic) bond motifs is 1. The lowest BCUT2D eigenvalue weighted by atomic mass is 9.94. The van der Waals surface area contributed by atoms with Gasteiger partial charge in [0.2, 0.25) is 0 Å². The van der Waals surface area contributed by atoms with Gasteiger partial charge < -0.3 is 10.2 Å². The molecule has 2 aliphatic rings. The number of hydrogen-bond acceptors (Lipinski definition) is 2. The third-order valence-corrected chi connectivity index (χ3v) is 4.47. The van der Waals surface area contributed by atoms with Crippen LogP contribution >= 0.6 is 0 Å². The maximum Gasteiger partial charge on any atom is 0.0415 e. The average molecular weight is 244 g/mol. The minimum absolute atomic E-state index is 0.697. The minimum Gasteiger partial charge on any atom is -0.367 e. The lowest BCUT2D eigenvalue weighted by molar-refractivity contribution is 0.364. The zero-order valence-electron chi connectivity index (χ0n) is 11.6. The average Bonchev–Trinajstić information content (AvgIpc) is 2.38. The van der Waals surface area contributed by atoms with Crippen LogP contribution in [0.3, 0.4) is 0 Å². The Labute approximate surface area is 110 Å². The molecule has 2 unspecified atom stereocenters. The van der Waals surface area contributed by atoms with Crippen LogP contribution in [0.1, 0.15) is 37.3 Å². The molecule has 0 aliphatic carbocycles. The van der Waals surface area contributed by atoms with Crippen LogP contribution in [0.2, 0.25) is 0 Å². The number of piperidine rings is 1. The molecule has 2 heterocycles. The van der Waals surface area contributed by atoms with Gasteiger partial charge in [-0.05, 0) is 51.2 Å². The SMILES string of the molecule is Cc1ccc2c(c1)CCCN2C1CCC(C)NC1. The first-order valence-corrected chi connectivity index (χ1v) is 7.33. The van der Waals surface area contributed by atoms with Gasteiger partial charge in [-0.25, -0.2) is 0 Å². The fourth-order valence-electron chi connectivity index (χ4n) is 3.38. The number of benzene rings is 1. The largest absolute Gasteiger partial charge is 0.367 e. The normalized spacial score (nSPS) is 28.0. The van der Waals surface area contributed by atoms with E-state index in [9.17, 15) is 0 Å². The van der Waals surface area contributed by atoms with Crippen molar-refractivity contribution in [1.82, 2.24) is 5.32 Å². The quantitative estimate of drug-likeness (QED) is 0.817. The highest BCUT2D eigenvalue weighted by Crippen LogP contribution is 2.31. The summed E-state index contributed by atoms with van der Waals surface area (Å²) >= 11 is 0. The van der Waals surface area contributed by atoms with E-state index in [1.54, 1.807) is 5.56 Å². The van der Waals surface area contributed by atoms with Gasteiger partial charge >= 0.3 is 0 Å². The third kappa shape index (κ3) is 2.26. The fraction of sp³-hybridized carbons (Fsp3) is 0.625. The summed E-state index contributed by atoms with van der Waals surface area (Å²) in [6.45, 7) is 6.87. The van der Waals surface area contributed by atoms with Gasteiger partial charge in [-0.15, -0.1) is 0 Å². The highest BCUT2D eigenvalue weighted by atomic mass is 15.2. The first-order valence-electron chi connectivity index (χ1n) is 7.33. The Balaban J connectivity index is 1.82. The minimum atomic E-state index is 0.697. The van der Waals surface area contributed by atoms with E-state index in [1.165, 1.54) is 43.5 Å². The van der Waals surface area contributed by atoms with E-state index in [4.69, 9.17) is 0 Å². The maximum atomic E-state index is 3.63. The van der Waals surface area contributed by atoms with Crippen LogP contribution in [-0.2, 0) is 6.42 Å². The standard InChI is InChI=1S/C16H24N2/c1-12-5-8-16-14(10-12)4-3-9-18(16)15-7-6-13(2)17-11-15/h5,8,10,13,15,17H,3-4,6-7,9,11H2,1-2H3. The topological polar surface area (TPSA) is 15.3 Å². The number of aryl methyl sites for hydroxylation is 2. The second-order valence-corrected chi connectivity index (χ2v) is 5.97. The molecule has 0 aromatic heterocycles. The van der Waals surface area contributed by atoms with Gasteiger partial charge in [0.05, 0.1) is 0 Å². The molecular formula is C16H24N2.